The van der Waals surface area contributed by atoms with Gasteiger partial charge in [-0.1, -0.05) is 6.07 Å². The number of hydrogen-bond donors (Lipinski definition) is 2. The summed E-state index contributed by atoms with van der Waals surface area (Å²) in [5.74, 6) is -2.03. The molecule has 1 aromatic carbocycles. The van der Waals surface area contributed by atoms with Crippen molar-refractivity contribution in [3.8, 4) is 0 Å². The van der Waals surface area contributed by atoms with E-state index in [2.05, 4.69) is 5.32 Å². The molecule has 0 bridgehead atoms. The van der Waals surface area contributed by atoms with E-state index in [9.17, 15) is 9.18 Å². The van der Waals surface area contributed by atoms with Gasteiger partial charge in [-0.05, 0) is 19.1 Å². The third-order valence-electron chi connectivity index (χ3n) is 2.21. The van der Waals surface area contributed by atoms with E-state index < -0.39 is 11.8 Å². The average Bonchev–Trinajstić information content (AvgIpc) is 2.25. The van der Waals surface area contributed by atoms with Crippen molar-refractivity contribution in [3.63, 3.8) is 0 Å². The van der Waals surface area contributed by atoms with Crippen molar-refractivity contribution in [1.29, 1.82) is 0 Å². The Kier molecular flexibility index (Phi) is 4.25. The molecule has 4 nitrogen and oxygen atoms in total. The highest BCUT2D eigenvalue weighted by atomic mass is 19.1. The number of carbonyl (C=O) groups is 1. The van der Waals surface area contributed by atoms with E-state index in [1.165, 1.54) is 12.1 Å². The minimum atomic E-state index is -1.29. The van der Waals surface area contributed by atoms with Gasteiger partial charge >= 0.3 is 5.97 Å². The van der Waals surface area contributed by atoms with Crippen molar-refractivity contribution >= 4 is 11.7 Å². The van der Waals surface area contributed by atoms with Crippen LogP contribution in [0.5, 0.6) is 0 Å². The molecule has 2 N–H and O–H groups in total. The van der Waals surface area contributed by atoms with Crippen molar-refractivity contribution in [1.82, 2.24) is 0 Å². The number of carboxylic acid groups (broad SMARTS) is 1. The Balaban J connectivity index is 2.87. The lowest BCUT2D eigenvalue weighted by molar-refractivity contribution is 0.0692. The Morgan fingerprint density at radius 1 is 1.62 bits per heavy atom. The molecule has 1 unspecified atom stereocenters. The molecule has 0 aromatic heterocycles. The molecule has 1 aromatic rings. The third-order valence-corrected chi connectivity index (χ3v) is 2.21. The molecule has 88 valence electrons. The van der Waals surface area contributed by atoms with Crippen molar-refractivity contribution in [2.75, 3.05) is 19.0 Å². The summed E-state index contributed by atoms with van der Waals surface area (Å²) in [7, 11) is 1.55. The van der Waals surface area contributed by atoms with E-state index in [-0.39, 0.29) is 17.4 Å². The maximum Gasteiger partial charge on any atom is 0.340 e. The first-order valence-electron chi connectivity index (χ1n) is 4.84. The first-order chi connectivity index (χ1) is 7.56. The molecular formula is C11H14FNO3. The zero-order valence-electron chi connectivity index (χ0n) is 9.16. The Hall–Kier alpha value is -1.62. The standard InChI is InChI=1S/C11H14FNO3/c1-7(16-2)6-13-9-5-3-4-8(12)10(9)11(14)15/h3-5,7,13H,6H2,1-2H3,(H,14,15). The van der Waals surface area contributed by atoms with E-state index >= 15 is 0 Å². The fourth-order valence-electron chi connectivity index (χ4n) is 1.23. The van der Waals surface area contributed by atoms with Crippen LogP contribution in [-0.4, -0.2) is 30.8 Å². The van der Waals surface area contributed by atoms with Crippen LogP contribution in [0, 0.1) is 5.82 Å². The van der Waals surface area contributed by atoms with Gasteiger partial charge in [-0.3, -0.25) is 0 Å². The third kappa shape index (κ3) is 2.93. The van der Waals surface area contributed by atoms with Crippen molar-refractivity contribution < 1.29 is 19.0 Å². The number of anilines is 1. The minimum absolute atomic E-state index is 0.0788. The lowest BCUT2D eigenvalue weighted by Crippen LogP contribution is -2.19. The van der Waals surface area contributed by atoms with Gasteiger partial charge in [-0.25, -0.2) is 9.18 Å². The molecule has 0 amide bonds. The monoisotopic (exact) mass is 227 g/mol. The normalized spacial score (nSPS) is 12.2. The fraction of sp³-hybridized carbons (Fsp3) is 0.364. The van der Waals surface area contributed by atoms with Crippen LogP contribution in [-0.2, 0) is 4.74 Å². The van der Waals surface area contributed by atoms with Crippen LogP contribution in [0.4, 0.5) is 10.1 Å². The number of methoxy groups -OCH3 is 1. The van der Waals surface area contributed by atoms with Crippen LogP contribution >= 0.6 is 0 Å². The van der Waals surface area contributed by atoms with Crippen LogP contribution in [0.3, 0.4) is 0 Å². The van der Waals surface area contributed by atoms with Crippen LogP contribution in [0.1, 0.15) is 17.3 Å². The molecule has 0 heterocycles. The van der Waals surface area contributed by atoms with Gasteiger partial charge in [-0.2, -0.15) is 0 Å². The van der Waals surface area contributed by atoms with Gasteiger partial charge in [0.2, 0.25) is 0 Å². The van der Waals surface area contributed by atoms with Gasteiger partial charge in [0, 0.05) is 13.7 Å². The summed E-state index contributed by atoms with van der Waals surface area (Å²) in [6.07, 6.45) is -0.0788. The molecule has 0 saturated heterocycles. The molecule has 0 saturated carbocycles. The number of hydrogen-bond acceptors (Lipinski definition) is 3. The zero-order chi connectivity index (χ0) is 12.1. The molecule has 1 atom stereocenters. The fourth-order valence-corrected chi connectivity index (χ4v) is 1.23. The van der Waals surface area contributed by atoms with E-state index in [1.54, 1.807) is 7.11 Å². The molecule has 16 heavy (non-hydrogen) atoms. The largest absolute Gasteiger partial charge is 0.478 e. The van der Waals surface area contributed by atoms with E-state index in [0.29, 0.717) is 6.54 Å². The Morgan fingerprint density at radius 3 is 2.88 bits per heavy atom. The van der Waals surface area contributed by atoms with Gasteiger partial charge < -0.3 is 15.2 Å². The predicted octanol–water partition coefficient (Wildman–Crippen LogP) is 1.97. The molecule has 0 fully saturated rings. The summed E-state index contributed by atoms with van der Waals surface area (Å²) in [5.41, 5.74) is -0.0813. The zero-order valence-corrected chi connectivity index (χ0v) is 9.16. The lowest BCUT2D eigenvalue weighted by Gasteiger charge is -2.13. The number of rotatable bonds is 5. The Bertz CT molecular complexity index is 381. The lowest BCUT2D eigenvalue weighted by atomic mass is 10.1. The van der Waals surface area contributed by atoms with Gasteiger partial charge in [0.25, 0.3) is 0 Å². The number of nitrogens with one attached hydrogen (secondary N) is 1. The second-order valence-electron chi connectivity index (χ2n) is 3.39. The highest BCUT2D eigenvalue weighted by Crippen LogP contribution is 2.18. The predicted molar refractivity (Wildman–Crippen MR) is 58.3 cm³/mol. The molecule has 0 spiro atoms. The number of ether oxygens (including phenoxy) is 1. The second kappa shape index (κ2) is 5.46. The smallest absolute Gasteiger partial charge is 0.340 e. The molecule has 0 aliphatic carbocycles. The van der Waals surface area contributed by atoms with Gasteiger partial charge in [0.1, 0.15) is 11.4 Å². The number of halogens is 1. The summed E-state index contributed by atoms with van der Waals surface area (Å²) in [6.45, 7) is 2.24. The molecule has 0 radical (unpaired) electrons. The van der Waals surface area contributed by atoms with E-state index in [0.717, 1.165) is 6.07 Å². The minimum Gasteiger partial charge on any atom is -0.478 e. The topological polar surface area (TPSA) is 58.6 Å². The molecule has 0 aliphatic rings. The molecule has 0 aliphatic heterocycles. The molecule has 5 heteroatoms. The van der Waals surface area contributed by atoms with Gasteiger partial charge in [-0.15, -0.1) is 0 Å². The summed E-state index contributed by atoms with van der Waals surface area (Å²) >= 11 is 0. The van der Waals surface area contributed by atoms with Crippen LogP contribution in [0.25, 0.3) is 0 Å². The molecule has 1 rings (SSSR count). The van der Waals surface area contributed by atoms with Crippen LogP contribution in [0.2, 0.25) is 0 Å². The molecular weight excluding hydrogens is 213 g/mol. The Morgan fingerprint density at radius 2 is 2.31 bits per heavy atom. The van der Waals surface area contributed by atoms with E-state index in [4.69, 9.17) is 9.84 Å². The summed E-state index contributed by atoms with van der Waals surface area (Å²) in [4.78, 5) is 10.8. The highest BCUT2D eigenvalue weighted by molar-refractivity contribution is 5.94. The first-order valence-corrected chi connectivity index (χ1v) is 4.84. The number of carboxylic acids is 1. The maximum absolute atomic E-state index is 13.3. The maximum atomic E-state index is 13.3. The summed E-state index contributed by atoms with van der Waals surface area (Å²) < 4.78 is 18.3. The quantitative estimate of drug-likeness (QED) is 0.807. The van der Waals surface area contributed by atoms with Gasteiger partial charge in [0.15, 0.2) is 0 Å². The first kappa shape index (κ1) is 12.4. The SMILES string of the molecule is COC(C)CNc1cccc(F)c1C(=O)O. The van der Waals surface area contributed by atoms with Gasteiger partial charge in [0.05, 0.1) is 11.8 Å². The van der Waals surface area contributed by atoms with Crippen molar-refractivity contribution in [3.05, 3.63) is 29.6 Å². The highest BCUT2D eigenvalue weighted by Gasteiger charge is 2.15. The summed E-state index contributed by atoms with van der Waals surface area (Å²) in [6, 6.07) is 4.10. The second-order valence-corrected chi connectivity index (χ2v) is 3.39. The van der Waals surface area contributed by atoms with Crippen molar-refractivity contribution in [2.24, 2.45) is 0 Å². The number of aromatic carboxylic acids is 1. The Labute approximate surface area is 93.0 Å². The van der Waals surface area contributed by atoms with Crippen LogP contribution < -0.4 is 5.32 Å². The number of benzene rings is 1. The van der Waals surface area contributed by atoms with Crippen LogP contribution in [0.15, 0.2) is 18.2 Å². The van der Waals surface area contributed by atoms with E-state index in [1.807, 2.05) is 6.92 Å². The average molecular weight is 227 g/mol. The summed E-state index contributed by atoms with van der Waals surface area (Å²) in [5, 5.41) is 11.7. The van der Waals surface area contributed by atoms with Crippen molar-refractivity contribution in [2.45, 2.75) is 13.0 Å².